The molecule has 0 aliphatic carbocycles. The highest BCUT2D eigenvalue weighted by molar-refractivity contribution is 8.00. The second-order valence-corrected chi connectivity index (χ2v) is 8.70. The molecule has 166 valence electrons. The van der Waals surface area contributed by atoms with E-state index in [1.165, 1.54) is 0 Å². The van der Waals surface area contributed by atoms with Crippen molar-refractivity contribution in [3.05, 3.63) is 108 Å². The van der Waals surface area contributed by atoms with Crippen LogP contribution in [0.2, 0.25) is 0 Å². The van der Waals surface area contributed by atoms with Crippen molar-refractivity contribution in [2.75, 3.05) is 12.4 Å². The Morgan fingerprint density at radius 3 is 1.78 bits per heavy atom. The fraction of sp³-hybridized carbons (Fsp3) is 0.259. The van der Waals surface area contributed by atoms with Crippen molar-refractivity contribution in [2.45, 2.75) is 30.6 Å². The number of unbranched alkanes of at least 4 members (excludes halogenated alkanes) is 1. The third kappa shape index (κ3) is 5.80. The van der Waals surface area contributed by atoms with Crippen molar-refractivity contribution in [2.24, 2.45) is 0 Å². The molecule has 5 heteroatoms. The molecule has 3 rings (SSSR count). The molecule has 0 bridgehead atoms. The summed E-state index contributed by atoms with van der Waals surface area (Å²) in [6.07, 6.45) is 1.96. The number of alkyl carbamates (subject to hydrolysis) is 1. The molecule has 3 aromatic rings. The third-order valence-corrected chi connectivity index (χ3v) is 6.88. The van der Waals surface area contributed by atoms with Gasteiger partial charge in [-0.1, -0.05) is 104 Å². The van der Waals surface area contributed by atoms with E-state index in [4.69, 9.17) is 4.74 Å². The lowest BCUT2D eigenvalue weighted by Crippen LogP contribution is -2.40. The minimum absolute atomic E-state index is 0.350. The number of thioether (sulfide) groups is 1. The molecule has 1 atom stereocenters. The smallest absolute Gasteiger partial charge is 0.407 e. The lowest BCUT2D eigenvalue weighted by molar-refractivity contribution is -0.109. The summed E-state index contributed by atoms with van der Waals surface area (Å²) < 4.78 is 4.64. The van der Waals surface area contributed by atoms with Crippen LogP contribution in [-0.2, 0) is 14.3 Å². The molecule has 0 aromatic heterocycles. The Hall–Kier alpha value is -3.05. The van der Waals surface area contributed by atoms with E-state index < -0.39 is 16.9 Å². The third-order valence-electron chi connectivity index (χ3n) is 5.22. The lowest BCUT2D eigenvalue weighted by Gasteiger charge is -2.36. The van der Waals surface area contributed by atoms with Gasteiger partial charge in [0.05, 0.1) is 17.4 Å². The first kappa shape index (κ1) is 23.6. The van der Waals surface area contributed by atoms with Gasteiger partial charge in [0.15, 0.2) is 0 Å². The Labute approximate surface area is 194 Å². The molecule has 0 spiro atoms. The maximum absolute atomic E-state index is 12.1. The summed E-state index contributed by atoms with van der Waals surface area (Å²) >= 11 is 1.63. The largest absolute Gasteiger partial charge is 0.450 e. The van der Waals surface area contributed by atoms with Gasteiger partial charge in [0.2, 0.25) is 0 Å². The quantitative estimate of drug-likeness (QED) is 0.229. The van der Waals surface area contributed by atoms with Crippen LogP contribution in [0.1, 0.15) is 36.5 Å². The van der Waals surface area contributed by atoms with E-state index in [1.807, 2.05) is 61.5 Å². The van der Waals surface area contributed by atoms with Gasteiger partial charge in [-0.25, -0.2) is 4.79 Å². The van der Waals surface area contributed by atoms with Crippen molar-refractivity contribution in [1.29, 1.82) is 0 Å². The zero-order valence-corrected chi connectivity index (χ0v) is 19.1. The maximum Gasteiger partial charge on any atom is 0.407 e. The van der Waals surface area contributed by atoms with Gasteiger partial charge in [0, 0.05) is 5.75 Å². The van der Waals surface area contributed by atoms with Crippen molar-refractivity contribution >= 4 is 24.1 Å². The number of benzene rings is 3. The average Bonchev–Trinajstić information content (AvgIpc) is 2.86. The molecule has 1 amide bonds. The Bertz CT molecular complexity index is 867. The summed E-state index contributed by atoms with van der Waals surface area (Å²) in [6.45, 7) is 2.38. The lowest BCUT2D eigenvalue weighted by atomic mass is 9.84. The van der Waals surface area contributed by atoms with Crippen molar-refractivity contribution < 1.29 is 14.3 Å². The predicted octanol–water partition coefficient (Wildman–Crippen LogP) is 5.81. The Kier molecular flexibility index (Phi) is 8.93. The zero-order valence-electron chi connectivity index (χ0n) is 18.3. The van der Waals surface area contributed by atoms with Gasteiger partial charge in [-0.3, -0.25) is 0 Å². The number of hydrogen-bond acceptors (Lipinski definition) is 4. The molecule has 0 fully saturated rings. The standard InChI is InChI=1S/C27H29NO3S/c1-2-3-19-31-26(30)28-25(20-29)21-32-27(22-13-7-4-8-14-22,23-15-9-5-10-16-23)24-17-11-6-12-18-24/h4-18,20,25H,2-3,19,21H2,1H3,(H,28,30)/t25-/m1/s1. The molecule has 0 aliphatic rings. The van der Waals surface area contributed by atoms with Crippen molar-refractivity contribution in [3.8, 4) is 0 Å². The Balaban J connectivity index is 1.94. The van der Waals surface area contributed by atoms with E-state index >= 15 is 0 Å². The highest BCUT2D eigenvalue weighted by atomic mass is 32.2. The fourth-order valence-corrected chi connectivity index (χ4v) is 5.10. The van der Waals surface area contributed by atoms with Crippen LogP contribution in [0.15, 0.2) is 91.0 Å². The molecular formula is C27H29NO3S. The Morgan fingerprint density at radius 2 is 1.38 bits per heavy atom. The zero-order chi connectivity index (χ0) is 22.7. The number of carbonyl (C=O) groups is 2. The van der Waals surface area contributed by atoms with Crippen molar-refractivity contribution in [3.63, 3.8) is 0 Å². The van der Waals surface area contributed by atoms with Crippen LogP contribution < -0.4 is 5.32 Å². The summed E-state index contributed by atoms with van der Waals surface area (Å²) in [5, 5.41) is 2.70. The molecule has 0 aliphatic heterocycles. The summed E-state index contributed by atoms with van der Waals surface area (Å²) in [4.78, 5) is 23.9. The van der Waals surface area contributed by atoms with Gasteiger partial charge < -0.3 is 14.8 Å². The molecule has 0 unspecified atom stereocenters. The van der Waals surface area contributed by atoms with Gasteiger partial charge >= 0.3 is 6.09 Å². The molecule has 4 nitrogen and oxygen atoms in total. The van der Waals surface area contributed by atoms with Gasteiger partial charge in [-0.15, -0.1) is 11.8 Å². The molecule has 0 heterocycles. The molecule has 0 radical (unpaired) electrons. The first-order chi connectivity index (χ1) is 15.7. The van der Waals surface area contributed by atoms with Crippen LogP contribution in [-0.4, -0.2) is 30.8 Å². The minimum Gasteiger partial charge on any atom is -0.450 e. The molecule has 1 N–H and O–H groups in total. The van der Waals surface area contributed by atoms with E-state index in [2.05, 4.69) is 41.7 Å². The average molecular weight is 448 g/mol. The number of carbonyl (C=O) groups excluding carboxylic acids is 2. The van der Waals surface area contributed by atoms with Crippen LogP contribution in [0.4, 0.5) is 4.79 Å². The first-order valence-electron chi connectivity index (χ1n) is 10.9. The molecule has 0 saturated heterocycles. The highest BCUT2D eigenvalue weighted by Gasteiger charge is 2.37. The molecule has 0 saturated carbocycles. The second kappa shape index (κ2) is 12.1. The minimum atomic E-state index is -0.662. The van der Waals surface area contributed by atoms with E-state index in [1.54, 1.807) is 11.8 Å². The normalized spacial score (nSPS) is 12.0. The van der Waals surface area contributed by atoms with Crippen LogP contribution in [0.25, 0.3) is 0 Å². The number of amides is 1. The monoisotopic (exact) mass is 447 g/mol. The maximum atomic E-state index is 12.1. The topological polar surface area (TPSA) is 55.4 Å². The van der Waals surface area contributed by atoms with Crippen LogP contribution >= 0.6 is 11.8 Å². The van der Waals surface area contributed by atoms with E-state index in [9.17, 15) is 9.59 Å². The summed E-state index contributed by atoms with van der Waals surface area (Å²) in [5.74, 6) is 0.394. The van der Waals surface area contributed by atoms with E-state index in [0.29, 0.717) is 12.4 Å². The number of ether oxygens (including phenoxy) is 1. The molecule has 32 heavy (non-hydrogen) atoms. The number of aldehydes is 1. The van der Waals surface area contributed by atoms with Gasteiger partial charge in [0.25, 0.3) is 0 Å². The van der Waals surface area contributed by atoms with Crippen LogP contribution in [0.3, 0.4) is 0 Å². The number of rotatable bonds is 11. The number of hydrogen-bond donors (Lipinski definition) is 1. The molecular weight excluding hydrogens is 418 g/mol. The van der Waals surface area contributed by atoms with Gasteiger partial charge in [0.1, 0.15) is 6.29 Å². The SMILES string of the molecule is CCCCOC(=O)N[C@H](C=O)CSC(c1ccccc1)(c1ccccc1)c1ccccc1. The summed E-state index contributed by atoms with van der Waals surface area (Å²) in [6, 6.07) is 30.1. The second-order valence-electron chi connectivity index (χ2n) is 7.47. The van der Waals surface area contributed by atoms with Gasteiger partial charge in [-0.2, -0.15) is 0 Å². The van der Waals surface area contributed by atoms with E-state index in [-0.39, 0.29) is 0 Å². The van der Waals surface area contributed by atoms with Crippen LogP contribution in [0.5, 0.6) is 0 Å². The highest BCUT2D eigenvalue weighted by Crippen LogP contribution is 2.48. The van der Waals surface area contributed by atoms with Gasteiger partial charge in [-0.05, 0) is 23.1 Å². The van der Waals surface area contributed by atoms with Crippen LogP contribution in [0, 0.1) is 0 Å². The molecule has 3 aromatic carbocycles. The summed E-state index contributed by atoms with van der Waals surface area (Å²) in [7, 11) is 0. The first-order valence-corrected chi connectivity index (χ1v) is 11.9. The predicted molar refractivity (Wildman–Crippen MR) is 131 cm³/mol. The van der Waals surface area contributed by atoms with Crippen molar-refractivity contribution in [1.82, 2.24) is 5.32 Å². The fourth-order valence-electron chi connectivity index (χ4n) is 3.60. The Morgan fingerprint density at radius 1 is 0.906 bits per heavy atom. The number of nitrogens with one attached hydrogen (secondary N) is 1. The summed E-state index contributed by atoms with van der Waals surface area (Å²) in [5.41, 5.74) is 3.33. The van der Waals surface area contributed by atoms with E-state index in [0.717, 1.165) is 35.8 Å².